The van der Waals surface area contributed by atoms with Gasteiger partial charge in [-0.1, -0.05) is 13.8 Å². The maximum atomic E-state index is 11.8. The number of carbonyl (C=O) groups is 1. The highest BCUT2D eigenvalue weighted by Gasteiger charge is 2.07. The predicted molar refractivity (Wildman–Crippen MR) is 78.8 cm³/mol. The van der Waals surface area contributed by atoms with E-state index in [1.165, 1.54) is 0 Å². The molecule has 1 aromatic rings. The molecule has 0 atom stereocenters. The van der Waals surface area contributed by atoms with E-state index in [0.29, 0.717) is 30.6 Å². The molecular formula is C14H24N4O2. The van der Waals surface area contributed by atoms with Crippen LogP contribution in [0.15, 0.2) is 12.1 Å². The molecular weight excluding hydrogens is 256 g/mol. The largest absolute Gasteiger partial charge is 0.381 e. The zero-order valence-electron chi connectivity index (χ0n) is 12.5. The molecule has 0 aliphatic carbocycles. The van der Waals surface area contributed by atoms with E-state index in [1.807, 2.05) is 6.92 Å². The second-order valence-corrected chi connectivity index (χ2v) is 4.91. The van der Waals surface area contributed by atoms with Crippen molar-refractivity contribution in [1.82, 2.24) is 15.5 Å². The Balaban J connectivity index is 2.22. The third-order valence-corrected chi connectivity index (χ3v) is 2.46. The van der Waals surface area contributed by atoms with Crippen LogP contribution in [0.5, 0.6) is 0 Å². The van der Waals surface area contributed by atoms with Gasteiger partial charge in [0.2, 0.25) is 0 Å². The second kappa shape index (κ2) is 9.25. The van der Waals surface area contributed by atoms with Crippen molar-refractivity contribution < 1.29 is 9.53 Å². The maximum absolute atomic E-state index is 11.8. The number of rotatable bonds is 9. The van der Waals surface area contributed by atoms with Gasteiger partial charge in [-0.3, -0.25) is 4.79 Å². The van der Waals surface area contributed by atoms with Crippen molar-refractivity contribution in [2.45, 2.75) is 27.2 Å². The minimum atomic E-state index is -0.204. The number of amides is 1. The quantitative estimate of drug-likeness (QED) is 0.673. The smallest absolute Gasteiger partial charge is 0.271 e. The highest BCUT2D eigenvalue weighted by atomic mass is 16.5. The summed E-state index contributed by atoms with van der Waals surface area (Å²) in [5.41, 5.74) is 0.328. The van der Waals surface area contributed by atoms with E-state index < -0.39 is 0 Å². The van der Waals surface area contributed by atoms with Gasteiger partial charge in [-0.25, -0.2) is 0 Å². The molecule has 0 bridgehead atoms. The molecule has 6 nitrogen and oxygen atoms in total. The van der Waals surface area contributed by atoms with Crippen molar-refractivity contribution in [2.75, 3.05) is 31.6 Å². The lowest BCUT2D eigenvalue weighted by Crippen LogP contribution is -2.26. The molecule has 0 unspecified atom stereocenters. The summed E-state index contributed by atoms with van der Waals surface area (Å²) in [7, 11) is 0. The molecule has 0 saturated heterocycles. The van der Waals surface area contributed by atoms with Crippen LogP contribution in [0, 0.1) is 5.92 Å². The normalized spacial score (nSPS) is 10.6. The molecule has 0 fully saturated rings. The Morgan fingerprint density at radius 1 is 1.35 bits per heavy atom. The molecule has 1 aromatic heterocycles. The van der Waals surface area contributed by atoms with Crippen molar-refractivity contribution in [3.8, 4) is 0 Å². The molecule has 1 rings (SSSR count). The summed E-state index contributed by atoms with van der Waals surface area (Å²) in [6, 6.07) is 3.41. The lowest BCUT2D eigenvalue weighted by Gasteiger charge is -2.07. The first-order valence-electron chi connectivity index (χ1n) is 7.07. The van der Waals surface area contributed by atoms with Crippen LogP contribution < -0.4 is 10.6 Å². The number of carbonyl (C=O) groups excluding carboxylic acids is 1. The third-order valence-electron chi connectivity index (χ3n) is 2.46. The standard InChI is InChI=1S/C14H24N4O2/c1-4-15-13-7-6-12(17-18-13)14(19)16-8-5-9-20-10-11(2)3/h6-7,11H,4-5,8-10H2,1-3H3,(H,15,18)(H,16,19). The monoisotopic (exact) mass is 280 g/mol. The van der Waals surface area contributed by atoms with Gasteiger partial charge in [0.05, 0.1) is 0 Å². The first-order chi connectivity index (χ1) is 9.63. The van der Waals surface area contributed by atoms with Gasteiger partial charge in [0.25, 0.3) is 5.91 Å². The van der Waals surface area contributed by atoms with E-state index in [2.05, 4.69) is 34.7 Å². The molecule has 0 spiro atoms. The van der Waals surface area contributed by atoms with Crippen LogP contribution in [0.3, 0.4) is 0 Å². The number of hydrogen-bond donors (Lipinski definition) is 2. The van der Waals surface area contributed by atoms with Crippen LogP contribution in [0.4, 0.5) is 5.82 Å². The molecule has 20 heavy (non-hydrogen) atoms. The molecule has 6 heteroatoms. The Morgan fingerprint density at radius 2 is 2.15 bits per heavy atom. The number of nitrogens with one attached hydrogen (secondary N) is 2. The Labute approximate surface area is 120 Å². The Morgan fingerprint density at radius 3 is 2.75 bits per heavy atom. The van der Waals surface area contributed by atoms with Gasteiger partial charge in [-0.15, -0.1) is 10.2 Å². The average Bonchev–Trinajstić information content (AvgIpc) is 2.43. The van der Waals surface area contributed by atoms with Crippen LogP contribution in [0.1, 0.15) is 37.7 Å². The second-order valence-electron chi connectivity index (χ2n) is 4.91. The van der Waals surface area contributed by atoms with Gasteiger partial charge in [-0.05, 0) is 31.4 Å². The lowest BCUT2D eigenvalue weighted by atomic mass is 10.2. The molecule has 0 aromatic carbocycles. The number of hydrogen-bond acceptors (Lipinski definition) is 5. The highest BCUT2D eigenvalue weighted by molar-refractivity contribution is 5.92. The van der Waals surface area contributed by atoms with E-state index in [4.69, 9.17) is 4.74 Å². The molecule has 0 radical (unpaired) electrons. The van der Waals surface area contributed by atoms with Crippen LogP contribution >= 0.6 is 0 Å². The highest BCUT2D eigenvalue weighted by Crippen LogP contribution is 2.01. The van der Waals surface area contributed by atoms with Crippen molar-refractivity contribution >= 4 is 11.7 Å². The average molecular weight is 280 g/mol. The number of aromatic nitrogens is 2. The van der Waals surface area contributed by atoms with Gasteiger partial charge in [0.15, 0.2) is 5.69 Å². The summed E-state index contributed by atoms with van der Waals surface area (Å²) in [5.74, 6) is 1.01. The predicted octanol–water partition coefficient (Wildman–Crippen LogP) is 1.70. The topological polar surface area (TPSA) is 76.1 Å². The van der Waals surface area contributed by atoms with Crippen LogP contribution in [-0.4, -0.2) is 42.4 Å². The number of anilines is 1. The van der Waals surface area contributed by atoms with E-state index >= 15 is 0 Å². The first kappa shape index (κ1) is 16.4. The fourth-order valence-electron chi connectivity index (χ4n) is 1.51. The Kier molecular flexibility index (Phi) is 7.57. The molecule has 1 heterocycles. The van der Waals surface area contributed by atoms with E-state index in [1.54, 1.807) is 12.1 Å². The van der Waals surface area contributed by atoms with Gasteiger partial charge in [0.1, 0.15) is 5.82 Å². The van der Waals surface area contributed by atoms with E-state index in [0.717, 1.165) is 19.6 Å². The van der Waals surface area contributed by atoms with Crippen molar-refractivity contribution in [3.05, 3.63) is 17.8 Å². The Bertz CT molecular complexity index is 393. The minimum Gasteiger partial charge on any atom is -0.381 e. The van der Waals surface area contributed by atoms with Crippen molar-refractivity contribution in [3.63, 3.8) is 0 Å². The molecule has 112 valence electrons. The molecule has 0 aliphatic heterocycles. The van der Waals surface area contributed by atoms with Crippen LogP contribution in [0.25, 0.3) is 0 Å². The zero-order valence-corrected chi connectivity index (χ0v) is 12.5. The minimum absolute atomic E-state index is 0.204. The fourth-order valence-corrected chi connectivity index (χ4v) is 1.51. The van der Waals surface area contributed by atoms with E-state index in [-0.39, 0.29) is 5.91 Å². The fraction of sp³-hybridized carbons (Fsp3) is 0.643. The van der Waals surface area contributed by atoms with Crippen molar-refractivity contribution in [2.24, 2.45) is 5.92 Å². The van der Waals surface area contributed by atoms with E-state index in [9.17, 15) is 4.79 Å². The number of ether oxygens (including phenoxy) is 1. The van der Waals surface area contributed by atoms with Gasteiger partial charge in [-0.2, -0.15) is 0 Å². The summed E-state index contributed by atoms with van der Waals surface area (Å²) in [6.45, 7) is 8.96. The van der Waals surface area contributed by atoms with Crippen molar-refractivity contribution in [1.29, 1.82) is 0 Å². The summed E-state index contributed by atoms with van der Waals surface area (Å²) < 4.78 is 5.44. The third kappa shape index (κ3) is 6.47. The summed E-state index contributed by atoms with van der Waals surface area (Å²) in [4.78, 5) is 11.8. The SMILES string of the molecule is CCNc1ccc(C(=O)NCCCOCC(C)C)nn1. The number of nitrogens with zero attached hydrogens (tertiary/aromatic N) is 2. The molecule has 1 amide bonds. The zero-order chi connectivity index (χ0) is 14.8. The van der Waals surface area contributed by atoms with Crippen LogP contribution in [-0.2, 0) is 4.74 Å². The molecule has 0 aliphatic rings. The summed E-state index contributed by atoms with van der Waals surface area (Å²) in [6.07, 6.45) is 0.793. The van der Waals surface area contributed by atoms with Crippen LogP contribution in [0.2, 0.25) is 0 Å². The first-order valence-corrected chi connectivity index (χ1v) is 7.07. The summed E-state index contributed by atoms with van der Waals surface area (Å²) >= 11 is 0. The Hall–Kier alpha value is -1.69. The summed E-state index contributed by atoms with van der Waals surface area (Å²) in [5, 5.41) is 13.6. The van der Waals surface area contributed by atoms with Gasteiger partial charge in [0, 0.05) is 26.3 Å². The molecule has 0 saturated carbocycles. The van der Waals surface area contributed by atoms with Gasteiger partial charge < -0.3 is 15.4 Å². The lowest BCUT2D eigenvalue weighted by molar-refractivity contribution is 0.0920. The molecule has 2 N–H and O–H groups in total. The maximum Gasteiger partial charge on any atom is 0.271 e. The van der Waals surface area contributed by atoms with Gasteiger partial charge >= 0.3 is 0 Å².